The Morgan fingerprint density at radius 3 is 2.75 bits per heavy atom. The van der Waals surface area contributed by atoms with Crippen molar-refractivity contribution in [1.29, 1.82) is 0 Å². The summed E-state index contributed by atoms with van der Waals surface area (Å²) < 4.78 is 4.98. The van der Waals surface area contributed by atoms with Gasteiger partial charge in [0.2, 0.25) is 5.89 Å². The van der Waals surface area contributed by atoms with E-state index in [1.807, 2.05) is 6.92 Å². The monoisotopic (exact) mass is 169 g/mol. The third-order valence-electron chi connectivity index (χ3n) is 1.72. The molecule has 0 spiro atoms. The van der Waals surface area contributed by atoms with E-state index in [1.54, 1.807) is 0 Å². The summed E-state index contributed by atoms with van der Waals surface area (Å²) in [6.07, 6.45) is 2.72. The van der Waals surface area contributed by atoms with Gasteiger partial charge in [0.25, 0.3) is 0 Å². The van der Waals surface area contributed by atoms with Crippen LogP contribution in [0.25, 0.3) is 0 Å². The van der Waals surface area contributed by atoms with Crippen molar-refractivity contribution >= 4 is 0 Å². The van der Waals surface area contributed by atoms with E-state index in [-0.39, 0.29) is 6.04 Å². The molecule has 1 rings (SSSR count). The molecule has 0 amide bonds. The zero-order chi connectivity index (χ0) is 8.97. The van der Waals surface area contributed by atoms with Crippen LogP contribution >= 0.6 is 0 Å². The van der Waals surface area contributed by atoms with E-state index in [4.69, 9.17) is 10.3 Å². The third kappa shape index (κ3) is 2.04. The summed E-state index contributed by atoms with van der Waals surface area (Å²) >= 11 is 0. The number of aromatic nitrogens is 2. The van der Waals surface area contributed by atoms with Crippen molar-refractivity contribution in [2.24, 2.45) is 5.73 Å². The molecule has 12 heavy (non-hydrogen) atoms. The van der Waals surface area contributed by atoms with Gasteiger partial charge < -0.3 is 10.3 Å². The summed E-state index contributed by atoms with van der Waals surface area (Å²) in [4.78, 5) is 4.14. The average molecular weight is 169 g/mol. The van der Waals surface area contributed by atoms with Gasteiger partial charge in [0.1, 0.15) is 0 Å². The summed E-state index contributed by atoms with van der Waals surface area (Å²) in [5.41, 5.74) is 5.78. The standard InChI is InChI=1S/C8H15N3O/c1-3-5-6(9)8-10-7(4-2)11-12-8/h6H,3-5,9H2,1-2H3. The van der Waals surface area contributed by atoms with E-state index in [9.17, 15) is 0 Å². The minimum Gasteiger partial charge on any atom is -0.338 e. The normalized spacial score (nSPS) is 13.2. The molecular formula is C8H15N3O. The molecule has 1 atom stereocenters. The molecule has 0 aliphatic heterocycles. The molecule has 4 nitrogen and oxygen atoms in total. The van der Waals surface area contributed by atoms with Crippen molar-refractivity contribution in [3.63, 3.8) is 0 Å². The SMILES string of the molecule is CCCC(N)c1nc(CC)no1. The van der Waals surface area contributed by atoms with Crippen molar-refractivity contribution < 1.29 is 4.52 Å². The van der Waals surface area contributed by atoms with E-state index in [1.165, 1.54) is 0 Å². The first-order valence-electron chi connectivity index (χ1n) is 4.36. The van der Waals surface area contributed by atoms with Gasteiger partial charge in [-0.3, -0.25) is 0 Å². The van der Waals surface area contributed by atoms with Gasteiger partial charge in [0.15, 0.2) is 5.82 Å². The van der Waals surface area contributed by atoms with Crippen LogP contribution in [0.2, 0.25) is 0 Å². The number of nitrogens with two attached hydrogens (primary N) is 1. The number of nitrogens with zero attached hydrogens (tertiary/aromatic N) is 2. The van der Waals surface area contributed by atoms with E-state index < -0.39 is 0 Å². The Hall–Kier alpha value is -0.900. The Morgan fingerprint density at radius 2 is 2.25 bits per heavy atom. The van der Waals surface area contributed by atoms with Gasteiger partial charge >= 0.3 is 0 Å². The molecule has 0 saturated carbocycles. The first-order chi connectivity index (χ1) is 5.77. The lowest BCUT2D eigenvalue weighted by Crippen LogP contribution is -2.10. The summed E-state index contributed by atoms with van der Waals surface area (Å²) in [5.74, 6) is 1.30. The predicted octanol–water partition coefficient (Wildman–Crippen LogP) is 1.43. The Labute approximate surface area is 72.1 Å². The summed E-state index contributed by atoms with van der Waals surface area (Å²) in [6, 6.07) is -0.0946. The highest BCUT2D eigenvalue weighted by atomic mass is 16.5. The van der Waals surface area contributed by atoms with Gasteiger partial charge in [0.05, 0.1) is 6.04 Å². The first-order valence-corrected chi connectivity index (χ1v) is 4.36. The molecule has 1 aromatic rings. The van der Waals surface area contributed by atoms with E-state index in [0.29, 0.717) is 5.89 Å². The van der Waals surface area contributed by atoms with Gasteiger partial charge in [-0.05, 0) is 6.42 Å². The smallest absolute Gasteiger partial charge is 0.243 e. The molecule has 68 valence electrons. The molecule has 0 aromatic carbocycles. The Morgan fingerprint density at radius 1 is 1.50 bits per heavy atom. The Kier molecular flexibility index (Phi) is 3.22. The highest BCUT2D eigenvalue weighted by Gasteiger charge is 2.12. The van der Waals surface area contributed by atoms with Crippen LogP contribution in [0.15, 0.2) is 4.52 Å². The molecule has 0 bridgehead atoms. The van der Waals surface area contributed by atoms with Crippen LogP contribution in [0.1, 0.15) is 44.4 Å². The summed E-state index contributed by atoms with van der Waals surface area (Å²) in [7, 11) is 0. The molecule has 1 heterocycles. The zero-order valence-corrected chi connectivity index (χ0v) is 7.58. The Bertz CT molecular complexity index is 234. The van der Waals surface area contributed by atoms with Gasteiger partial charge in [0, 0.05) is 6.42 Å². The number of rotatable bonds is 4. The molecule has 0 fully saturated rings. The fourth-order valence-electron chi connectivity index (χ4n) is 0.996. The van der Waals surface area contributed by atoms with Crippen LogP contribution in [-0.2, 0) is 6.42 Å². The second-order valence-electron chi connectivity index (χ2n) is 2.80. The van der Waals surface area contributed by atoms with Crippen LogP contribution in [0.5, 0.6) is 0 Å². The fourth-order valence-corrected chi connectivity index (χ4v) is 0.996. The second kappa shape index (κ2) is 4.21. The lowest BCUT2D eigenvalue weighted by atomic mass is 10.2. The molecule has 0 radical (unpaired) electrons. The lowest BCUT2D eigenvalue weighted by molar-refractivity contribution is 0.344. The minimum absolute atomic E-state index is 0.0946. The van der Waals surface area contributed by atoms with Crippen molar-refractivity contribution in [1.82, 2.24) is 10.1 Å². The van der Waals surface area contributed by atoms with Crippen LogP contribution in [0, 0.1) is 0 Å². The average Bonchev–Trinajstić information content (AvgIpc) is 2.52. The first kappa shape index (κ1) is 9.19. The molecule has 0 saturated heterocycles. The molecule has 0 aliphatic rings. The highest BCUT2D eigenvalue weighted by Crippen LogP contribution is 2.12. The molecule has 1 unspecified atom stereocenters. The van der Waals surface area contributed by atoms with Crippen LogP contribution in [0.3, 0.4) is 0 Å². The molecule has 4 heteroatoms. The highest BCUT2D eigenvalue weighted by molar-refractivity contribution is 4.90. The number of aryl methyl sites for hydroxylation is 1. The van der Waals surface area contributed by atoms with Gasteiger partial charge in [-0.25, -0.2) is 0 Å². The van der Waals surface area contributed by atoms with E-state index in [0.717, 1.165) is 25.1 Å². The van der Waals surface area contributed by atoms with Crippen molar-refractivity contribution in [2.45, 2.75) is 39.2 Å². The van der Waals surface area contributed by atoms with Crippen LogP contribution in [0.4, 0.5) is 0 Å². The van der Waals surface area contributed by atoms with Crippen molar-refractivity contribution in [2.75, 3.05) is 0 Å². The maximum absolute atomic E-state index is 5.78. The predicted molar refractivity (Wildman–Crippen MR) is 45.5 cm³/mol. The van der Waals surface area contributed by atoms with Gasteiger partial charge in [-0.15, -0.1) is 0 Å². The van der Waals surface area contributed by atoms with Crippen molar-refractivity contribution in [3.8, 4) is 0 Å². The van der Waals surface area contributed by atoms with Crippen molar-refractivity contribution in [3.05, 3.63) is 11.7 Å². The van der Waals surface area contributed by atoms with Gasteiger partial charge in [-0.2, -0.15) is 4.98 Å². The van der Waals surface area contributed by atoms with Crippen LogP contribution in [-0.4, -0.2) is 10.1 Å². The zero-order valence-electron chi connectivity index (χ0n) is 7.58. The van der Waals surface area contributed by atoms with E-state index in [2.05, 4.69) is 17.1 Å². The summed E-state index contributed by atoms with van der Waals surface area (Å²) in [5, 5.41) is 3.77. The molecule has 0 aliphatic carbocycles. The quantitative estimate of drug-likeness (QED) is 0.740. The summed E-state index contributed by atoms with van der Waals surface area (Å²) in [6.45, 7) is 4.07. The maximum Gasteiger partial charge on any atom is 0.243 e. The van der Waals surface area contributed by atoms with E-state index >= 15 is 0 Å². The van der Waals surface area contributed by atoms with Gasteiger partial charge in [-0.1, -0.05) is 25.4 Å². The molecule has 1 aromatic heterocycles. The fraction of sp³-hybridized carbons (Fsp3) is 0.750. The lowest BCUT2D eigenvalue weighted by Gasteiger charge is -2.01. The number of hydrogen-bond acceptors (Lipinski definition) is 4. The number of hydrogen-bond donors (Lipinski definition) is 1. The van der Waals surface area contributed by atoms with Crippen LogP contribution < -0.4 is 5.73 Å². The minimum atomic E-state index is -0.0946. The largest absolute Gasteiger partial charge is 0.338 e. The molecular weight excluding hydrogens is 154 g/mol. The topological polar surface area (TPSA) is 64.9 Å². The molecule has 2 N–H and O–H groups in total. The third-order valence-corrected chi connectivity index (χ3v) is 1.72. The maximum atomic E-state index is 5.78. The Balaban J connectivity index is 2.61. The second-order valence-corrected chi connectivity index (χ2v) is 2.80.